The van der Waals surface area contributed by atoms with Crippen molar-refractivity contribution < 1.29 is 0 Å². The van der Waals surface area contributed by atoms with Crippen LogP contribution < -0.4 is 5.32 Å². The molecule has 0 aromatic heterocycles. The highest BCUT2D eigenvalue weighted by Gasteiger charge is 2.21. The summed E-state index contributed by atoms with van der Waals surface area (Å²) in [5, 5.41) is 6.17. The first kappa shape index (κ1) is 15.3. The second-order valence-corrected chi connectivity index (χ2v) is 5.63. The molecule has 0 aliphatic carbocycles. The summed E-state index contributed by atoms with van der Waals surface area (Å²) < 4.78 is 0. The molecule has 2 atom stereocenters. The lowest BCUT2D eigenvalue weighted by Gasteiger charge is -2.36. The zero-order chi connectivity index (χ0) is 13.2. The number of fused-ring (bicyclic) bond motifs is 1. The maximum atomic E-state index is 3.51. The van der Waals surface area contributed by atoms with Gasteiger partial charge in [-0.25, -0.2) is 0 Å². The van der Waals surface area contributed by atoms with Crippen LogP contribution in [0, 0.1) is 0 Å². The predicted octanol–water partition coefficient (Wildman–Crippen LogP) is 3.62. The summed E-state index contributed by atoms with van der Waals surface area (Å²) in [5.41, 5.74) is 1.42. The van der Waals surface area contributed by atoms with Gasteiger partial charge in [0.15, 0.2) is 0 Å². The van der Waals surface area contributed by atoms with Crippen molar-refractivity contribution in [2.75, 3.05) is 19.6 Å². The highest BCUT2D eigenvalue weighted by atomic mass is 35.5. The van der Waals surface area contributed by atoms with E-state index in [1.54, 1.807) is 0 Å². The largest absolute Gasteiger partial charge is 0.312 e. The van der Waals surface area contributed by atoms with Crippen LogP contribution in [0.15, 0.2) is 42.5 Å². The molecule has 2 aromatic rings. The number of nitrogens with zero attached hydrogens (tertiary/aromatic N) is 1. The minimum Gasteiger partial charge on any atom is -0.312 e. The third-order valence-corrected chi connectivity index (χ3v) is 4.20. The maximum absolute atomic E-state index is 3.51. The van der Waals surface area contributed by atoms with Crippen LogP contribution in [0.2, 0.25) is 0 Å². The van der Waals surface area contributed by atoms with E-state index in [0.29, 0.717) is 12.1 Å². The van der Waals surface area contributed by atoms with E-state index in [1.807, 2.05) is 0 Å². The Balaban J connectivity index is 0.00000147. The molecule has 3 heteroatoms. The van der Waals surface area contributed by atoms with Gasteiger partial charge < -0.3 is 5.32 Å². The lowest BCUT2D eigenvalue weighted by atomic mass is 10.0. The zero-order valence-electron chi connectivity index (χ0n) is 12.2. The van der Waals surface area contributed by atoms with Gasteiger partial charge in [0.1, 0.15) is 0 Å². The predicted molar refractivity (Wildman–Crippen MR) is 88.6 cm³/mol. The van der Waals surface area contributed by atoms with Gasteiger partial charge in [-0.05, 0) is 36.2 Å². The van der Waals surface area contributed by atoms with Gasteiger partial charge in [0.05, 0.1) is 0 Å². The van der Waals surface area contributed by atoms with Crippen LogP contribution >= 0.6 is 12.4 Å². The minimum atomic E-state index is 0. The fourth-order valence-corrected chi connectivity index (χ4v) is 2.99. The molecule has 0 saturated carbocycles. The summed E-state index contributed by atoms with van der Waals surface area (Å²) in [7, 11) is 0. The molecule has 2 aromatic carbocycles. The van der Waals surface area contributed by atoms with Gasteiger partial charge in [-0.1, -0.05) is 36.4 Å². The molecule has 1 aliphatic rings. The first-order valence-corrected chi connectivity index (χ1v) is 7.20. The van der Waals surface area contributed by atoms with E-state index in [0.717, 1.165) is 19.6 Å². The smallest absolute Gasteiger partial charge is 0.0321 e. The van der Waals surface area contributed by atoms with Crippen LogP contribution in [0.5, 0.6) is 0 Å². The lowest BCUT2D eigenvalue weighted by molar-refractivity contribution is 0.159. The number of hydrogen-bond acceptors (Lipinski definition) is 2. The SMILES string of the molecule is CC1CN(C(C)c2ccc3ccccc3c2)CCN1.Cl. The van der Waals surface area contributed by atoms with Gasteiger partial charge >= 0.3 is 0 Å². The second kappa shape index (κ2) is 6.57. The second-order valence-electron chi connectivity index (χ2n) is 5.63. The molecule has 20 heavy (non-hydrogen) atoms. The van der Waals surface area contributed by atoms with Gasteiger partial charge in [-0.2, -0.15) is 0 Å². The Morgan fingerprint density at radius 3 is 2.65 bits per heavy atom. The van der Waals surface area contributed by atoms with Crippen LogP contribution in [-0.4, -0.2) is 30.6 Å². The Hall–Kier alpha value is -1.09. The molecule has 0 radical (unpaired) electrons. The minimum absolute atomic E-state index is 0. The van der Waals surface area contributed by atoms with Crippen molar-refractivity contribution >= 4 is 23.2 Å². The molecule has 1 saturated heterocycles. The number of halogens is 1. The average molecular weight is 291 g/mol. The van der Waals surface area contributed by atoms with E-state index in [9.17, 15) is 0 Å². The molecule has 0 bridgehead atoms. The first-order chi connectivity index (χ1) is 9.24. The molecule has 1 fully saturated rings. The van der Waals surface area contributed by atoms with E-state index in [-0.39, 0.29) is 12.4 Å². The van der Waals surface area contributed by atoms with Crippen LogP contribution in [0.4, 0.5) is 0 Å². The quantitative estimate of drug-likeness (QED) is 0.909. The summed E-state index contributed by atoms with van der Waals surface area (Å²) in [5.74, 6) is 0. The Kier molecular flexibility index (Phi) is 5.03. The fraction of sp³-hybridized carbons (Fsp3) is 0.412. The summed E-state index contributed by atoms with van der Waals surface area (Å²) in [6.07, 6.45) is 0. The number of hydrogen-bond donors (Lipinski definition) is 1. The van der Waals surface area contributed by atoms with Crippen LogP contribution in [-0.2, 0) is 0 Å². The Morgan fingerprint density at radius 2 is 1.90 bits per heavy atom. The molecule has 0 amide bonds. The van der Waals surface area contributed by atoms with Crippen molar-refractivity contribution in [3.8, 4) is 0 Å². The maximum Gasteiger partial charge on any atom is 0.0321 e. The molecule has 1 heterocycles. The Labute approximate surface area is 127 Å². The van der Waals surface area contributed by atoms with Crippen molar-refractivity contribution in [1.82, 2.24) is 10.2 Å². The van der Waals surface area contributed by atoms with E-state index in [4.69, 9.17) is 0 Å². The van der Waals surface area contributed by atoms with E-state index < -0.39 is 0 Å². The fourth-order valence-electron chi connectivity index (χ4n) is 2.99. The number of benzene rings is 2. The Morgan fingerprint density at radius 1 is 1.15 bits per heavy atom. The summed E-state index contributed by atoms with van der Waals surface area (Å²) >= 11 is 0. The normalized spacial score (nSPS) is 21.4. The summed E-state index contributed by atoms with van der Waals surface area (Å²) in [6.45, 7) is 7.95. The molecule has 3 rings (SSSR count). The van der Waals surface area contributed by atoms with E-state index >= 15 is 0 Å². The molecule has 1 N–H and O–H groups in total. The molecule has 2 unspecified atom stereocenters. The third kappa shape index (κ3) is 3.14. The molecule has 0 spiro atoms. The lowest BCUT2D eigenvalue weighted by Crippen LogP contribution is -2.49. The van der Waals surface area contributed by atoms with Gasteiger partial charge in [0.2, 0.25) is 0 Å². The Bertz CT molecular complexity index is 570. The van der Waals surface area contributed by atoms with Gasteiger partial charge in [-0.3, -0.25) is 4.90 Å². The highest BCUT2D eigenvalue weighted by molar-refractivity contribution is 5.85. The molecular formula is C17H23ClN2. The van der Waals surface area contributed by atoms with Crippen LogP contribution in [0.1, 0.15) is 25.5 Å². The monoisotopic (exact) mass is 290 g/mol. The van der Waals surface area contributed by atoms with Crippen LogP contribution in [0.3, 0.4) is 0 Å². The van der Waals surface area contributed by atoms with Gasteiger partial charge in [0.25, 0.3) is 0 Å². The van der Waals surface area contributed by atoms with Crippen molar-refractivity contribution in [2.45, 2.75) is 25.9 Å². The number of rotatable bonds is 2. The van der Waals surface area contributed by atoms with E-state index in [1.165, 1.54) is 16.3 Å². The van der Waals surface area contributed by atoms with Crippen molar-refractivity contribution in [3.05, 3.63) is 48.0 Å². The van der Waals surface area contributed by atoms with Crippen molar-refractivity contribution in [1.29, 1.82) is 0 Å². The van der Waals surface area contributed by atoms with Crippen LogP contribution in [0.25, 0.3) is 10.8 Å². The molecular weight excluding hydrogens is 268 g/mol. The average Bonchev–Trinajstić information content (AvgIpc) is 2.46. The summed E-state index contributed by atoms with van der Waals surface area (Å²) in [4.78, 5) is 2.57. The van der Waals surface area contributed by atoms with Gasteiger partial charge in [-0.15, -0.1) is 12.4 Å². The standard InChI is InChI=1S/C17H22N2.ClH/c1-13-12-19(10-9-18-13)14(2)16-8-7-15-5-3-4-6-17(15)11-16;/h3-8,11,13-14,18H,9-10,12H2,1-2H3;1H. The number of piperazine rings is 1. The number of nitrogens with one attached hydrogen (secondary N) is 1. The summed E-state index contributed by atoms with van der Waals surface area (Å²) in [6, 6.07) is 16.5. The molecule has 1 aliphatic heterocycles. The first-order valence-electron chi connectivity index (χ1n) is 7.20. The van der Waals surface area contributed by atoms with E-state index in [2.05, 4.69) is 66.5 Å². The van der Waals surface area contributed by atoms with Crippen molar-refractivity contribution in [2.24, 2.45) is 0 Å². The molecule has 2 nitrogen and oxygen atoms in total. The zero-order valence-corrected chi connectivity index (χ0v) is 13.0. The highest BCUT2D eigenvalue weighted by Crippen LogP contribution is 2.25. The molecule has 108 valence electrons. The van der Waals surface area contributed by atoms with Gasteiger partial charge in [0, 0.05) is 31.7 Å². The van der Waals surface area contributed by atoms with Crippen molar-refractivity contribution in [3.63, 3.8) is 0 Å². The topological polar surface area (TPSA) is 15.3 Å². The third-order valence-electron chi connectivity index (χ3n) is 4.20.